The molecule has 0 unspecified atom stereocenters. The standard InChI is InChI=1S/C16H16N2OS.ClH/c17-16(7-3-4-8-16)15-18-12(10-20-15)14-9-11-5-1-2-6-13(11)19-14;/h1-2,5-6,9-10H,3-4,7-8,17H2;1H. The van der Waals surface area contributed by atoms with Crippen LogP contribution in [0.4, 0.5) is 0 Å². The molecule has 0 atom stereocenters. The van der Waals surface area contributed by atoms with E-state index in [9.17, 15) is 0 Å². The van der Waals surface area contributed by atoms with Gasteiger partial charge in [0.2, 0.25) is 0 Å². The quantitative estimate of drug-likeness (QED) is 0.744. The Kier molecular flexibility index (Phi) is 3.78. The van der Waals surface area contributed by atoms with Gasteiger partial charge < -0.3 is 10.2 Å². The number of nitrogens with two attached hydrogens (primary N) is 1. The smallest absolute Gasteiger partial charge is 0.154 e. The van der Waals surface area contributed by atoms with Crippen molar-refractivity contribution < 1.29 is 4.42 Å². The summed E-state index contributed by atoms with van der Waals surface area (Å²) in [6.45, 7) is 0. The van der Waals surface area contributed by atoms with E-state index in [-0.39, 0.29) is 17.9 Å². The molecule has 0 spiro atoms. The van der Waals surface area contributed by atoms with Crippen LogP contribution in [-0.2, 0) is 5.54 Å². The molecule has 21 heavy (non-hydrogen) atoms. The Morgan fingerprint density at radius 2 is 1.95 bits per heavy atom. The summed E-state index contributed by atoms with van der Waals surface area (Å²) in [6, 6.07) is 10.1. The van der Waals surface area contributed by atoms with Crippen molar-refractivity contribution in [3.8, 4) is 11.5 Å². The maximum Gasteiger partial charge on any atom is 0.154 e. The minimum absolute atomic E-state index is 0. The van der Waals surface area contributed by atoms with Gasteiger partial charge in [-0.25, -0.2) is 4.98 Å². The van der Waals surface area contributed by atoms with E-state index in [0.717, 1.165) is 40.3 Å². The van der Waals surface area contributed by atoms with Crippen molar-refractivity contribution in [1.29, 1.82) is 0 Å². The molecule has 4 rings (SSSR count). The molecule has 1 aliphatic rings. The van der Waals surface area contributed by atoms with Crippen LogP contribution in [-0.4, -0.2) is 4.98 Å². The van der Waals surface area contributed by atoms with Crippen molar-refractivity contribution in [3.05, 3.63) is 40.7 Å². The number of hydrogen-bond donors (Lipinski definition) is 1. The third-order valence-electron chi connectivity index (χ3n) is 4.10. The molecule has 5 heteroatoms. The molecule has 3 aromatic rings. The van der Waals surface area contributed by atoms with Gasteiger partial charge in [0.05, 0.1) is 5.54 Å². The molecule has 110 valence electrons. The maximum absolute atomic E-state index is 6.46. The zero-order valence-electron chi connectivity index (χ0n) is 11.5. The van der Waals surface area contributed by atoms with Crippen molar-refractivity contribution in [2.24, 2.45) is 5.73 Å². The monoisotopic (exact) mass is 320 g/mol. The lowest BCUT2D eigenvalue weighted by atomic mass is 10.0. The van der Waals surface area contributed by atoms with Crippen LogP contribution < -0.4 is 5.73 Å². The van der Waals surface area contributed by atoms with Crippen molar-refractivity contribution >= 4 is 34.7 Å². The predicted molar refractivity (Wildman–Crippen MR) is 88.9 cm³/mol. The van der Waals surface area contributed by atoms with E-state index in [4.69, 9.17) is 15.1 Å². The number of para-hydroxylation sites is 1. The predicted octanol–water partition coefficient (Wildman–Crippen LogP) is 4.71. The second-order valence-electron chi connectivity index (χ2n) is 5.55. The average molecular weight is 321 g/mol. The van der Waals surface area contributed by atoms with Gasteiger partial charge in [-0.2, -0.15) is 0 Å². The third kappa shape index (κ3) is 2.48. The number of thiazole rings is 1. The number of nitrogens with zero attached hydrogens (tertiary/aromatic N) is 1. The first-order valence-electron chi connectivity index (χ1n) is 6.98. The highest BCUT2D eigenvalue weighted by Crippen LogP contribution is 2.39. The molecule has 0 saturated heterocycles. The van der Waals surface area contributed by atoms with Gasteiger partial charge in [-0.3, -0.25) is 0 Å². The summed E-state index contributed by atoms with van der Waals surface area (Å²) in [5.74, 6) is 0.829. The van der Waals surface area contributed by atoms with E-state index in [1.807, 2.05) is 24.3 Å². The summed E-state index contributed by atoms with van der Waals surface area (Å²) in [6.07, 6.45) is 4.49. The Morgan fingerprint density at radius 3 is 2.71 bits per heavy atom. The van der Waals surface area contributed by atoms with E-state index in [1.165, 1.54) is 12.8 Å². The lowest BCUT2D eigenvalue weighted by molar-refractivity contribution is 0.459. The van der Waals surface area contributed by atoms with Gasteiger partial charge in [0.15, 0.2) is 5.76 Å². The van der Waals surface area contributed by atoms with Crippen molar-refractivity contribution in [3.63, 3.8) is 0 Å². The van der Waals surface area contributed by atoms with Crippen LogP contribution in [0.5, 0.6) is 0 Å². The van der Waals surface area contributed by atoms with Crippen LogP contribution in [0, 0.1) is 0 Å². The Labute approximate surface area is 133 Å². The van der Waals surface area contributed by atoms with Crippen LogP contribution in [0.15, 0.2) is 40.1 Å². The normalized spacial score (nSPS) is 17.0. The van der Waals surface area contributed by atoms with Crippen molar-refractivity contribution in [1.82, 2.24) is 4.98 Å². The summed E-state index contributed by atoms with van der Waals surface area (Å²) in [7, 11) is 0. The molecule has 1 fully saturated rings. The van der Waals surface area contributed by atoms with Crippen LogP contribution in [0.2, 0.25) is 0 Å². The van der Waals surface area contributed by atoms with Gasteiger partial charge >= 0.3 is 0 Å². The molecule has 3 nitrogen and oxygen atoms in total. The van der Waals surface area contributed by atoms with Crippen LogP contribution in [0.3, 0.4) is 0 Å². The molecular weight excluding hydrogens is 304 g/mol. The fraction of sp³-hybridized carbons (Fsp3) is 0.312. The minimum atomic E-state index is -0.213. The third-order valence-corrected chi connectivity index (χ3v) is 5.17. The van der Waals surface area contributed by atoms with Gasteiger partial charge in [-0.15, -0.1) is 23.7 Å². The highest BCUT2D eigenvalue weighted by atomic mass is 35.5. The summed E-state index contributed by atoms with van der Waals surface area (Å²) in [5, 5.41) is 4.21. The largest absolute Gasteiger partial charge is 0.454 e. The first-order chi connectivity index (χ1) is 9.74. The fourth-order valence-corrected chi connectivity index (χ4v) is 3.93. The summed E-state index contributed by atoms with van der Waals surface area (Å²) >= 11 is 1.65. The van der Waals surface area contributed by atoms with E-state index < -0.39 is 0 Å². The Hall–Kier alpha value is -1.36. The second-order valence-corrected chi connectivity index (χ2v) is 6.41. The number of aromatic nitrogens is 1. The molecule has 0 amide bonds. The van der Waals surface area contributed by atoms with Crippen LogP contribution >= 0.6 is 23.7 Å². The SMILES string of the molecule is Cl.NC1(c2nc(-c3cc4ccccc4o3)cs2)CCCC1. The molecule has 1 saturated carbocycles. The number of fused-ring (bicyclic) bond motifs is 1. The first-order valence-corrected chi connectivity index (χ1v) is 7.86. The van der Waals surface area contributed by atoms with E-state index in [1.54, 1.807) is 11.3 Å². The molecule has 0 bridgehead atoms. The van der Waals surface area contributed by atoms with Gasteiger partial charge in [0.25, 0.3) is 0 Å². The van der Waals surface area contributed by atoms with Crippen molar-refractivity contribution in [2.45, 2.75) is 31.2 Å². The zero-order chi connectivity index (χ0) is 13.6. The Morgan fingerprint density at radius 1 is 1.19 bits per heavy atom. The number of halogens is 1. The van der Waals surface area contributed by atoms with Gasteiger partial charge in [-0.1, -0.05) is 31.0 Å². The topological polar surface area (TPSA) is 52.0 Å². The van der Waals surface area contributed by atoms with E-state index in [0.29, 0.717) is 0 Å². The minimum Gasteiger partial charge on any atom is -0.454 e. The first kappa shape index (κ1) is 14.6. The van der Waals surface area contributed by atoms with Gasteiger partial charge in [0, 0.05) is 10.8 Å². The number of rotatable bonds is 2. The molecule has 0 aliphatic heterocycles. The van der Waals surface area contributed by atoms with Crippen molar-refractivity contribution in [2.75, 3.05) is 0 Å². The molecular formula is C16H17ClN2OS. The number of hydrogen-bond acceptors (Lipinski definition) is 4. The summed E-state index contributed by atoms with van der Waals surface area (Å²) < 4.78 is 5.87. The zero-order valence-corrected chi connectivity index (χ0v) is 13.2. The van der Waals surface area contributed by atoms with Crippen LogP contribution in [0.25, 0.3) is 22.4 Å². The van der Waals surface area contributed by atoms with Gasteiger partial charge in [0.1, 0.15) is 16.3 Å². The average Bonchev–Trinajstić information content (AvgIpc) is 3.17. The van der Waals surface area contributed by atoms with Crippen LogP contribution in [0.1, 0.15) is 30.7 Å². The van der Waals surface area contributed by atoms with E-state index in [2.05, 4.69) is 11.4 Å². The summed E-state index contributed by atoms with van der Waals surface area (Å²) in [4.78, 5) is 4.73. The fourth-order valence-electron chi connectivity index (χ4n) is 2.94. The molecule has 1 aliphatic carbocycles. The number of furan rings is 1. The lowest BCUT2D eigenvalue weighted by Crippen LogP contribution is -2.32. The highest BCUT2D eigenvalue weighted by Gasteiger charge is 2.34. The lowest BCUT2D eigenvalue weighted by Gasteiger charge is -2.19. The molecule has 2 heterocycles. The van der Waals surface area contributed by atoms with Gasteiger partial charge in [-0.05, 0) is 25.0 Å². The Bertz CT molecular complexity index is 725. The second kappa shape index (κ2) is 5.44. The Balaban J connectivity index is 0.00000132. The summed E-state index contributed by atoms with van der Waals surface area (Å²) in [5.41, 5.74) is 8.05. The maximum atomic E-state index is 6.46. The number of benzene rings is 1. The molecule has 2 aromatic heterocycles. The highest BCUT2D eigenvalue weighted by molar-refractivity contribution is 7.10. The van der Waals surface area contributed by atoms with E-state index >= 15 is 0 Å². The molecule has 1 aromatic carbocycles. The molecule has 0 radical (unpaired) electrons. The molecule has 2 N–H and O–H groups in total.